The molecule has 1 aromatic carbocycles. The van der Waals surface area contributed by atoms with Crippen LogP contribution in [0.3, 0.4) is 0 Å². The Hall–Kier alpha value is -2.18. The van der Waals surface area contributed by atoms with Crippen molar-refractivity contribution in [2.24, 2.45) is 0 Å². The number of aromatic nitrogens is 2. The molecule has 158 valence electrons. The third-order valence-corrected chi connectivity index (χ3v) is 5.46. The standard InChI is InChI=1S/C23H35N5O/c1-3-11-27(12-4-2)13-5-6-14-28-18-20-8-7-19(15-21(20)23(28)29)16-24-17-22-25-9-10-26-22/h7-10,15,24H,3-6,11-14,16-18H2,1-2H3,(H,25,26). The Morgan fingerprint density at radius 3 is 2.69 bits per heavy atom. The van der Waals surface area contributed by atoms with Crippen LogP contribution >= 0.6 is 0 Å². The van der Waals surface area contributed by atoms with Crippen molar-refractivity contribution in [3.05, 3.63) is 53.1 Å². The second-order valence-corrected chi connectivity index (χ2v) is 7.91. The van der Waals surface area contributed by atoms with E-state index in [0.717, 1.165) is 61.5 Å². The van der Waals surface area contributed by atoms with Gasteiger partial charge in [0, 0.05) is 37.6 Å². The van der Waals surface area contributed by atoms with Crippen LogP contribution in [0.1, 0.15) is 66.8 Å². The molecule has 0 radical (unpaired) electrons. The first kappa shape index (κ1) is 21.5. The highest BCUT2D eigenvalue weighted by atomic mass is 16.2. The molecule has 1 aliphatic rings. The molecule has 0 bridgehead atoms. The third kappa shape index (κ3) is 6.15. The summed E-state index contributed by atoms with van der Waals surface area (Å²) < 4.78 is 0. The molecule has 2 N–H and O–H groups in total. The summed E-state index contributed by atoms with van der Waals surface area (Å²) in [4.78, 5) is 24.7. The van der Waals surface area contributed by atoms with Crippen molar-refractivity contribution >= 4 is 5.91 Å². The van der Waals surface area contributed by atoms with E-state index in [2.05, 4.69) is 52.2 Å². The van der Waals surface area contributed by atoms with Gasteiger partial charge in [-0.25, -0.2) is 4.98 Å². The topological polar surface area (TPSA) is 64.3 Å². The first-order valence-corrected chi connectivity index (χ1v) is 11.0. The zero-order chi connectivity index (χ0) is 20.5. The van der Waals surface area contributed by atoms with Crippen LogP contribution in [0.15, 0.2) is 30.6 Å². The molecule has 3 rings (SSSR count). The maximum Gasteiger partial charge on any atom is 0.254 e. The minimum Gasteiger partial charge on any atom is -0.348 e. The Balaban J connectivity index is 1.44. The van der Waals surface area contributed by atoms with E-state index >= 15 is 0 Å². The fourth-order valence-electron chi connectivity index (χ4n) is 4.02. The van der Waals surface area contributed by atoms with Gasteiger partial charge in [0.1, 0.15) is 5.82 Å². The van der Waals surface area contributed by atoms with E-state index in [9.17, 15) is 4.79 Å². The summed E-state index contributed by atoms with van der Waals surface area (Å²) in [5.74, 6) is 1.11. The Morgan fingerprint density at radius 2 is 1.97 bits per heavy atom. The van der Waals surface area contributed by atoms with Gasteiger partial charge in [0.15, 0.2) is 0 Å². The lowest BCUT2D eigenvalue weighted by molar-refractivity contribution is 0.0774. The van der Waals surface area contributed by atoms with Crippen LogP contribution < -0.4 is 5.32 Å². The fourth-order valence-corrected chi connectivity index (χ4v) is 4.02. The SMILES string of the molecule is CCCN(CCC)CCCCN1Cc2ccc(CNCc3ncc[nH]3)cc2C1=O. The van der Waals surface area contributed by atoms with Crippen molar-refractivity contribution in [2.45, 2.75) is 59.2 Å². The molecule has 2 aromatic rings. The number of rotatable bonds is 13. The van der Waals surface area contributed by atoms with E-state index in [-0.39, 0.29) is 5.91 Å². The zero-order valence-corrected chi connectivity index (χ0v) is 17.9. The zero-order valence-electron chi connectivity index (χ0n) is 17.9. The van der Waals surface area contributed by atoms with Crippen molar-refractivity contribution in [3.8, 4) is 0 Å². The van der Waals surface area contributed by atoms with E-state index in [1.54, 1.807) is 6.20 Å². The first-order chi connectivity index (χ1) is 14.2. The van der Waals surface area contributed by atoms with Gasteiger partial charge in [0.05, 0.1) is 6.54 Å². The third-order valence-electron chi connectivity index (χ3n) is 5.46. The average molecular weight is 398 g/mol. The van der Waals surface area contributed by atoms with E-state index in [4.69, 9.17) is 0 Å². The van der Waals surface area contributed by atoms with Crippen LogP contribution in [-0.4, -0.2) is 51.9 Å². The number of nitrogens with one attached hydrogen (secondary N) is 2. The number of fused-ring (bicyclic) bond motifs is 1. The van der Waals surface area contributed by atoms with Crippen LogP contribution in [0.5, 0.6) is 0 Å². The molecule has 0 saturated heterocycles. The second-order valence-electron chi connectivity index (χ2n) is 7.91. The Bertz CT molecular complexity index is 753. The summed E-state index contributed by atoms with van der Waals surface area (Å²) >= 11 is 0. The maximum atomic E-state index is 12.8. The summed E-state index contributed by atoms with van der Waals surface area (Å²) in [5, 5.41) is 3.37. The average Bonchev–Trinajstić information content (AvgIpc) is 3.34. The van der Waals surface area contributed by atoms with Crippen LogP contribution in [0.25, 0.3) is 0 Å². The molecule has 1 amide bonds. The highest BCUT2D eigenvalue weighted by Crippen LogP contribution is 2.24. The van der Waals surface area contributed by atoms with Crippen molar-refractivity contribution in [3.63, 3.8) is 0 Å². The highest BCUT2D eigenvalue weighted by Gasteiger charge is 2.26. The second kappa shape index (κ2) is 11.1. The van der Waals surface area contributed by atoms with Gasteiger partial charge in [0.2, 0.25) is 0 Å². The summed E-state index contributed by atoms with van der Waals surface area (Å²) in [6.45, 7) is 11.0. The number of hydrogen-bond acceptors (Lipinski definition) is 4. The van der Waals surface area contributed by atoms with E-state index in [1.165, 1.54) is 25.9 Å². The predicted molar refractivity (Wildman–Crippen MR) is 117 cm³/mol. The Kier molecular flexibility index (Phi) is 8.25. The molecule has 0 spiro atoms. The van der Waals surface area contributed by atoms with Crippen molar-refractivity contribution in [1.29, 1.82) is 0 Å². The molecule has 0 unspecified atom stereocenters. The lowest BCUT2D eigenvalue weighted by atomic mass is 10.1. The lowest BCUT2D eigenvalue weighted by Crippen LogP contribution is -2.28. The van der Waals surface area contributed by atoms with Crippen LogP contribution in [-0.2, 0) is 19.6 Å². The molecule has 6 nitrogen and oxygen atoms in total. The minimum atomic E-state index is 0.187. The van der Waals surface area contributed by atoms with Crippen LogP contribution in [0.2, 0.25) is 0 Å². The van der Waals surface area contributed by atoms with Gasteiger partial charge in [-0.05, 0) is 62.5 Å². The number of benzene rings is 1. The number of carbonyl (C=O) groups is 1. The molecule has 29 heavy (non-hydrogen) atoms. The van der Waals surface area contributed by atoms with Gasteiger partial charge in [-0.1, -0.05) is 26.0 Å². The van der Waals surface area contributed by atoms with Crippen molar-refractivity contribution in [1.82, 2.24) is 25.1 Å². The molecule has 0 fully saturated rings. The van der Waals surface area contributed by atoms with E-state index in [0.29, 0.717) is 6.54 Å². The number of unbranched alkanes of at least 4 members (excludes halogenated alkanes) is 1. The van der Waals surface area contributed by atoms with Crippen LogP contribution in [0, 0.1) is 0 Å². The number of nitrogens with zero attached hydrogens (tertiary/aromatic N) is 3. The summed E-state index contributed by atoms with van der Waals surface area (Å²) in [7, 11) is 0. The molecule has 0 atom stereocenters. The van der Waals surface area contributed by atoms with E-state index in [1.807, 2.05) is 11.1 Å². The monoisotopic (exact) mass is 397 g/mol. The molecule has 6 heteroatoms. The van der Waals surface area contributed by atoms with Gasteiger partial charge in [-0.2, -0.15) is 0 Å². The quantitative estimate of drug-likeness (QED) is 0.507. The first-order valence-electron chi connectivity index (χ1n) is 11.0. The maximum absolute atomic E-state index is 12.8. The normalized spacial score (nSPS) is 13.5. The highest BCUT2D eigenvalue weighted by molar-refractivity contribution is 5.98. The molecule has 1 aromatic heterocycles. The van der Waals surface area contributed by atoms with Crippen molar-refractivity contribution in [2.75, 3.05) is 26.2 Å². The minimum absolute atomic E-state index is 0.187. The van der Waals surface area contributed by atoms with Crippen molar-refractivity contribution < 1.29 is 4.79 Å². The van der Waals surface area contributed by atoms with Gasteiger partial charge in [-0.3, -0.25) is 4.79 Å². The van der Waals surface area contributed by atoms with Gasteiger partial charge >= 0.3 is 0 Å². The predicted octanol–water partition coefficient (Wildman–Crippen LogP) is 3.56. The number of amides is 1. The molecule has 2 heterocycles. The van der Waals surface area contributed by atoms with Gasteiger partial charge in [0.25, 0.3) is 5.91 Å². The molecule has 0 saturated carbocycles. The molecular formula is C23H35N5O. The fraction of sp³-hybridized carbons (Fsp3) is 0.565. The van der Waals surface area contributed by atoms with Gasteiger partial charge < -0.3 is 20.1 Å². The number of hydrogen-bond donors (Lipinski definition) is 2. The molecule has 0 aliphatic carbocycles. The summed E-state index contributed by atoms with van der Waals surface area (Å²) in [5.41, 5.74) is 3.17. The number of imidazole rings is 1. The lowest BCUT2D eigenvalue weighted by Gasteiger charge is -2.21. The smallest absolute Gasteiger partial charge is 0.254 e. The number of carbonyl (C=O) groups excluding carboxylic acids is 1. The van der Waals surface area contributed by atoms with Gasteiger partial charge in [-0.15, -0.1) is 0 Å². The number of aromatic amines is 1. The Morgan fingerprint density at radius 1 is 1.14 bits per heavy atom. The Labute approximate surface area is 174 Å². The van der Waals surface area contributed by atoms with E-state index < -0.39 is 0 Å². The molecule has 1 aliphatic heterocycles. The molecular weight excluding hydrogens is 362 g/mol. The van der Waals surface area contributed by atoms with Crippen LogP contribution in [0.4, 0.5) is 0 Å². The number of H-pyrrole nitrogens is 1. The largest absolute Gasteiger partial charge is 0.348 e. The summed E-state index contributed by atoms with van der Waals surface area (Å²) in [6.07, 6.45) is 8.22. The summed E-state index contributed by atoms with van der Waals surface area (Å²) in [6, 6.07) is 6.29.